The third-order valence-electron chi connectivity index (χ3n) is 3.57. The molecule has 0 atom stereocenters. The van der Waals surface area contributed by atoms with Gasteiger partial charge in [0.25, 0.3) is 0 Å². The van der Waals surface area contributed by atoms with Gasteiger partial charge in [0.2, 0.25) is 0 Å². The lowest BCUT2D eigenvalue weighted by molar-refractivity contribution is 0.112. The summed E-state index contributed by atoms with van der Waals surface area (Å²) in [5, 5.41) is 9.06. The van der Waals surface area contributed by atoms with E-state index in [0.29, 0.717) is 18.5 Å². The molecule has 0 fully saturated rings. The van der Waals surface area contributed by atoms with Crippen molar-refractivity contribution in [1.82, 2.24) is 9.55 Å². The average molecular weight is 444 g/mol. The van der Waals surface area contributed by atoms with E-state index in [1.54, 1.807) is 18.3 Å². The molecule has 5 nitrogen and oxygen atoms in total. The summed E-state index contributed by atoms with van der Waals surface area (Å²) in [6, 6.07) is 10.5. The minimum Gasteiger partial charge on any atom is -0.507 e. The number of imidazole rings is 1. The number of halogens is 1. The number of rotatable bonds is 1. The zero-order valence-corrected chi connectivity index (χ0v) is 15.2. The maximum atomic E-state index is 10.2. The van der Waals surface area contributed by atoms with Crippen molar-refractivity contribution in [3.63, 3.8) is 0 Å². The van der Waals surface area contributed by atoms with Gasteiger partial charge in [0.1, 0.15) is 24.4 Å². The van der Waals surface area contributed by atoms with E-state index in [4.69, 9.17) is 16.3 Å². The fourth-order valence-corrected chi connectivity index (χ4v) is 2.66. The number of phenols is 1. The number of fused-ring (bicyclic) bond motifs is 3. The van der Waals surface area contributed by atoms with E-state index in [2.05, 4.69) is 10.9 Å². The Labute approximate surface area is 158 Å². The maximum absolute atomic E-state index is 10.2. The highest BCUT2D eigenvalue weighted by Gasteiger charge is 2.16. The first kappa shape index (κ1) is 17.0. The first-order valence-electron chi connectivity index (χ1n) is 7.32. The van der Waals surface area contributed by atoms with Crippen LogP contribution in [-0.4, -0.2) is 20.9 Å². The molecule has 1 aliphatic heterocycles. The van der Waals surface area contributed by atoms with Crippen LogP contribution >= 0.6 is 22.6 Å². The summed E-state index contributed by atoms with van der Waals surface area (Å²) in [4.78, 5) is 14.4. The van der Waals surface area contributed by atoms with Crippen LogP contribution in [-0.2, 0) is 6.61 Å². The Morgan fingerprint density at radius 1 is 1.32 bits per heavy atom. The van der Waals surface area contributed by atoms with Gasteiger partial charge >= 0.3 is 0 Å². The second-order valence-electron chi connectivity index (χ2n) is 5.16. The number of ether oxygens (including phenoxy) is 1. The fraction of sp³-hybridized carbons (Fsp3) is 0.0526. The summed E-state index contributed by atoms with van der Waals surface area (Å²) >= 11 is 1.99. The van der Waals surface area contributed by atoms with Crippen molar-refractivity contribution in [3.05, 3.63) is 69.3 Å². The Balaban J connectivity index is 0.000000160. The maximum Gasteiger partial charge on any atom is 0.151 e. The standard InChI is InChI=1S/C12H8N2O.C7H5IO2/c1-2-9-3-4-10-11(7-9)15-8-12-13-5-6-14(10)12;8-6-2-1-5(4-9)3-7(6)10/h1,3-7H,8H2;1-4,10H. The third kappa shape index (κ3) is 3.67. The molecule has 124 valence electrons. The van der Waals surface area contributed by atoms with E-state index < -0.39 is 0 Å². The van der Waals surface area contributed by atoms with Gasteiger partial charge in [-0.25, -0.2) is 4.98 Å². The van der Waals surface area contributed by atoms with E-state index in [0.717, 1.165) is 26.4 Å². The van der Waals surface area contributed by atoms with E-state index in [1.807, 2.05) is 51.6 Å². The summed E-state index contributed by atoms with van der Waals surface area (Å²) in [5.41, 5.74) is 2.32. The van der Waals surface area contributed by atoms with Gasteiger partial charge in [0, 0.05) is 23.5 Å². The van der Waals surface area contributed by atoms with Crippen LogP contribution in [0.4, 0.5) is 0 Å². The monoisotopic (exact) mass is 444 g/mol. The average Bonchev–Trinajstić information content (AvgIpc) is 3.13. The molecular weight excluding hydrogens is 431 g/mol. The van der Waals surface area contributed by atoms with Crippen LogP contribution in [0.5, 0.6) is 11.5 Å². The van der Waals surface area contributed by atoms with Crippen molar-refractivity contribution in [2.75, 3.05) is 0 Å². The quantitative estimate of drug-likeness (QED) is 0.354. The molecule has 3 aromatic rings. The topological polar surface area (TPSA) is 64.4 Å². The molecule has 1 aromatic heterocycles. The number of aldehydes is 1. The van der Waals surface area contributed by atoms with Gasteiger partial charge in [-0.3, -0.25) is 9.36 Å². The molecule has 0 aliphatic carbocycles. The predicted molar refractivity (Wildman–Crippen MR) is 102 cm³/mol. The zero-order chi connectivity index (χ0) is 17.8. The van der Waals surface area contributed by atoms with Gasteiger partial charge in [-0.15, -0.1) is 6.42 Å². The number of terminal acetylenes is 1. The SMILES string of the molecule is C#Cc1ccc2c(c1)OCc1nccn1-2.O=Cc1ccc(I)c(O)c1. The predicted octanol–water partition coefficient (Wildman–Crippen LogP) is 3.56. The normalized spacial score (nSPS) is 11.0. The molecule has 0 radical (unpaired) electrons. The van der Waals surface area contributed by atoms with Crippen LogP contribution < -0.4 is 4.74 Å². The van der Waals surface area contributed by atoms with Gasteiger partial charge in [-0.2, -0.15) is 0 Å². The summed E-state index contributed by atoms with van der Waals surface area (Å²) in [7, 11) is 0. The molecule has 0 bridgehead atoms. The summed E-state index contributed by atoms with van der Waals surface area (Å²) < 4.78 is 8.34. The van der Waals surface area contributed by atoms with Crippen molar-refractivity contribution in [2.24, 2.45) is 0 Å². The lowest BCUT2D eigenvalue weighted by Gasteiger charge is -2.19. The molecule has 0 unspecified atom stereocenters. The number of benzene rings is 2. The Hall–Kier alpha value is -2.79. The molecule has 0 amide bonds. The van der Waals surface area contributed by atoms with Crippen molar-refractivity contribution in [3.8, 4) is 29.5 Å². The molecule has 0 saturated carbocycles. The molecule has 1 aliphatic rings. The highest BCUT2D eigenvalue weighted by molar-refractivity contribution is 14.1. The third-order valence-corrected chi connectivity index (χ3v) is 4.48. The highest BCUT2D eigenvalue weighted by Crippen LogP contribution is 2.29. The zero-order valence-electron chi connectivity index (χ0n) is 13.0. The second-order valence-corrected chi connectivity index (χ2v) is 6.32. The largest absolute Gasteiger partial charge is 0.507 e. The van der Waals surface area contributed by atoms with Gasteiger partial charge in [-0.1, -0.05) is 12.0 Å². The Kier molecular flexibility index (Phi) is 5.05. The molecule has 2 heterocycles. The van der Waals surface area contributed by atoms with E-state index in [-0.39, 0.29) is 5.75 Å². The number of aromatic nitrogens is 2. The number of carbonyl (C=O) groups excluding carboxylic acids is 1. The van der Waals surface area contributed by atoms with Crippen molar-refractivity contribution < 1.29 is 14.6 Å². The van der Waals surface area contributed by atoms with Crippen LogP contribution in [0.15, 0.2) is 48.8 Å². The van der Waals surface area contributed by atoms with Crippen molar-refractivity contribution in [1.29, 1.82) is 0 Å². The number of hydrogen-bond donors (Lipinski definition) is 1. The van der Waals surface area contributed by atoms with Gasteiger partial charge in [0.05, 0.1) is 9.26 Å². The van der Waals surface area contributed by atoms with Crippen molar-refractivity contribution in [2.45, 2.75) is 6.61 Å². The minimum absolute atomic E-state index is 0.158. The summed E-state index contributed by atoms with van der Waals surface area (Å²) in [6.45, 7) is 0.494. The molecule has 1 N–H and O–H groups in total. The molecule has 0 spiro atoms. The highest BCUT2D eigenvalue weighted by atomic mass is 127. The van der Waals surface area contributed by atoms with E-state index in [1.165, 1.54) is 6.07 Å². The van der Waals surface area contributed by atoms with Gasteiger partial charge < -0.3 is 9.84 Å². The number of aromatic hydroxyl groups is 1. The fourth-order valence-electron chi connectivity index (χ4n) is 2.32. The summed E-state index contributed by atoms with van der Waals surface area (Å²) in [5.74, 6) is 4.48. The number of hydrogen-bond acceptors (Lipinski definition) is 4. The van der Waals surface area contributed by atoms with Crippen molar-refractivity contribution >= 4 is 28.9 Å². The Morgan fingerprint density at radius 3 is 2.88 bits per heavy atom. The van der Waals surface area contributed by atoms with Crippen LogP contribution in [0, 0.1) is 15.9 Å². The van der Waals surface area contributed by atoms with Crippen LogP contribution in [0.3, 0.4) is 0 Å². The molecular formula is C19H13IN2O3. The smallest absolute Gasteiger partial charge is 0.151 e. The number of phenolic OH excluding ortho intramolecular Hbond substituents is 1. The minimum atomic E-state index is 0.158. The molecule has 2 aromatic carbocycles. The van der Waals surface area contributed by atoms with Crippen LogP contribution in [0.1, 0.15) is 21.7 Å². The van der Waals surface area contributed by atoms with E-state index >= 15 is 0 Å². The first-order valence-corrected chi connectivity index (χ1v) is 8.40. The van der Waals surface area contributed by atoms with Gasteiger partial charge in [-0.05, 0) is 52.9 Å². The summed E-state index contributed by atoms with van der Waals surface area (Å²) in [6.07, 6.45) is 9.73. The molecule has 4 rings (SSSR count). The molecule has 25 heavy (non-hydrogen) atoms. The lowest BCUT2D eigenvalue weighted by atomic mass is 10.2. The lowest BCUT2D eigenvalue weighted by Crippen LogP contribution is -2.12. The van der Waals surface area contributed by atoms with Crippen LogP contribution in [0.2, 0.25) is 0 Å². The first-order chi connectivity index (χ1) is 12.1. The van der Waals surface area contributed by atoms with Gasteiger partial charge in [0.15, 0.2) is 5.82 Å². The number of nitrogens with zero attached hydrogens (tertiary/aromatic N) is 2. The van der Waals surface area contributed by atoms with Crippen LogP contribution in [0.25, 0.3) is 5.69 Å². The van der Waals surface area contributed by atoms with E-state index in [9.17, 15) is 4.79 Å². The number of carbonyl (C=O) groups is 1. The Bertz CT molecular complexity index is 973. The molecule has 6 heteroatoms. The Morgan fingerprint density at radius 2 is 2.16 bits per heavy atom. The second kappa shape index (κ2) is 7.40. The molecule has 0 saturated heterocycles.